The molecule has 1 aliphatic rings. The first kappa shape index (κ1) is 8.46. The molecule has 0 aromatic carbocycles. The molecule has 58 valence electrons. The minimum atomic E-state index is 0.105. The van der Waals surface area contributed by atoms with E-state index < -0.39 is 0 Å². The first-order chi connectivity index (χ1) is 4.74. The van der Waals surface area contributed by atoms with Crippen LogP contribution in [0.25, 0.3) is 0 Å². The second-order valence-corrected chi connectivity index (χ2v) is 3.57. The summed E-state index contributed by atoms with van der Waals surface area (Å²) in [6.07, 6.45) is 3.68. The van der Waals surface area contributed by atoms with Gasteiger partial charge in [0.15, 0.2) is 0 Å². The highest BCUT2D eigenvalue weighted by Gasteiger charge is 2.26. The van der Waals surface area contributed by atoms with E-state index in [4.69, 9.17) is 0 Å². The highest BCUT2D eigenvalue weighted by Crippen LogP contribution is 2.33. The van der Waals surface area contributed by atoms with E-state index >= 15 is 0 Å². The molecule has 10 heavy (non-hydrogen) atoms. The molecule has 0 spiro atoms. The maximum absolute atomic E-state index is 10.9. The van der Waals surface area contributed by atoms with Crippen LogP contribution < -0.4 is 3.53 Å². The second kappa shape index (κ2) is 3.67. The lowest BCUT2D eigenvalue weighted by Crippen LogP contribution is -2.28. The average Bonchev–Trinajstić information content (AvgIpc) is 2.64. The number of nitrogens with one attached hydrogen (secondary N) is 1. The zero-order valence-corrected chi connectivity index (χ0v) is 8.22. The highest BCUT2D eigenvalue weighted by atomic mass is 127. The summed E-state index contributed by atoms with van der Waals surface area (Å²) < 4.78 is 2.99. The van der Waals surface area contributed by atoms with Gasteiger partial charge in [-0.3, -0.25) is 8.32 Å². The number of rotatable bonds is 4. The number of halogens is 1. The Kier molecular flexibility index (Phi) is 3.10. The molecule has 1 saturated carbocycles. The predicted molar refractivity (Wildman–Crippen MR) is 49.0 cm³/mol. The first-order valence-corrected chi connectivity index (χ1v) is 4.68. The molecule has 1 fully saturated rings. The molecule has 1 rings (SSSR count). The van der Waals surface area contributed by atoms with E-state index in [9.17, 15) is 4.79 Å². The van der Waals surface area contributed by atoms with Crippen LogP contribution in [0.3, 0.4) is 0 Å². The molecule has 0 aromatic heterocycles. The van der Waals surface area contributed by atoms with Crippen molar-refractivity contribution in [1.29, 1.82) is 0 Å². The molecule has 0 aromatic rings. The van der Waals surface area contributed by atoms with Crippen LogP contribution in [-0.2, 0) is 4.79 Å². The van der Waals surface area contributed by atoms with Crippen LogP contribution in [0.15, 0.2) is 0 Å². The van der Waals surface area contributed by atoms with Gasteiger partial charge in [-0.25, -0.2) is 0 Å². The zero-order chi connectivity index (χ0) is 7.56. The van der Waals surface area contributed by atoms with Crippen LogP contribution in [0, 0.1) is 5.92 Å². The predicted octanol–water partition coefficient (Wildman–Crippen LogP) is 1.68. The Morgan fingerprint density at radius 1 is 1.80 bits per heavy atom. The molecule has 0 amide bonds. The van der Waals surface area contributed by atoms with Gasteiger partial charge in [-0.05, 0) is 19.3 Å². The Morgan fingerprint density at radius 2 is 2.40 bits per heavy atom. The van der Waals surface area contributed by atoms with Crippen LogP contribution in [0.4, 0.5) is 0 Å². The maximum Gasteiger partial charge on any atom is 0.147 e. The number of carbonyl (C=O) groups is 1. The highest BCUT2D eigenvalue weighted by molar-refractivity contribution is 14.1. The first-order valence-electron chi connectivity index (χ1n) is 3.60. The van der Waals surface area contributed by atoms with Crippen molar-refractivity contribution in [3.63, 3.8) is 0 Å². The van der Waals surface area contributed by atoms with Crippen molar-refractivity contribution in [2.45, 2.75) is 32.2 Å². The molecule has 0 heterocycles. The van der Waals surface area contributed by atoms with E-state index in [1.54, 1.807) is 6.92 Å². The normalized spacial score (nSPS) is 20.6. The number of Topliss-reactive ketones (excluding diaryl/α,β-unsaturated/α-hetero) is 1. The number of hydrogen-bond donors (Lipinski definition) is 1. The minimum Gasteiger partial charge on any atom is -0.298 e. The SMILES string of the molecule is CC(=O)[C@H](CC1CC1)NI. The number of carbonyl (C=O) groups excluding carboxylic acids is 1. The summed E-state index contributed by atoms with van der Waals surface area (Å²) in [5, 5.41) is 0. The van der Waals surface area contributed by atoms with Crippen LogP contribution in [-0.4, -0.2) is 11.8 Å². The summed E-state index contributed by atoms with van der Waals surface area (Å²) in [7, 11) is 0. The Hall–Kier alpha value is 0.360. The van der Waals surface area contributed by atoms with E-state index in [1.165, 1.54) is 12.8 Å². The third kappa shape index (κ3) is 2.54. The Labute approximate surface area is 75.3 Å². The zero-order valence-electron chi connectivity index (χ0n) is 6.06. The number of hydrogen-bond acceptors (Lipinski definition) is 2. The van der Waals surface area contributed by atoms with Crippen LogP contribution in [0.1, 0.15) is 26.2 Å². The van der Waals surface area contributed by atoms with Crippen molar-refractivity contribution in [2.75, 3.05) is 0 Å². The minimum absolute atomic E-state index is 0.105. The fourth-order valence-corrected chi connectivity index (χ4v) is 1.67. The lowest BCUT2D eigenvalue weighted by atomic mass is 10.1. The molecule has 0 radical (unpaired) electrons. The van der Waals surface area contributed by atoms with E-state index in [0.717, 1.165) is 12.3 Å². The Balaban J connectivity index is 2.24. The van der Waals surface area contributed by atoms with E-state index in [2.05, 4.69) is 26.4 Å². The molecule has 1 atom stereocenters. The van der Waals surface area contributed by atoms with Gasteiger partial charge in [0, 0.05) is 22.9 Å². The van der Waals surface area contributed by atoms with Gasteiger partial charge in [0.05, 0.1) is 6.04 Å². The quantitative estimate of drug-likeness (QED) is 0.610. The third-order valence-electron chi connectivity index (χ3n) is 1.89. The smallest absolute Gasteiger partial charge is 0.147 e. The summed E-state index contributed by atoms with van der Waals surface area (Å²) in [5.41, 5.74) is 0. The van der Waals surface area contributed by atoms with Crippen molar-refractivity contribution >= 4 is 28.6 Å². The molecule has 2 nitrogen and oxygen atoms in total. The summed E-state index contributed by atoms with van der Waals surface area (Å²) >= 11 is 2.06. The molecule has 0 bridgehead atoms. The topological polar surface area (TPSA) is 29.1 Å². The maximum atomic E-state index is 10.9. The van der Waals surface area contributed by atoms with Crippen molar-refractivity contribution in [1.82, 2.24) is 3.53 Å². The van der Waals surface area contributed by atoms with Crippen LogP contribution >= 0.6 is 22.9 Å². The van der Waals surface area contributed by atoms with Gasteiger partial charge in [0.1, 0.15) is 5.78 Å². The van der Waals surface area contributed by atoms with Crippen molar-refractivity contribution < 1.29 is 4.79 Å². The van der Waals surface area contributed by atoms with Crippen molar-refractivity contribution in [3.05, 3.63) is 0 Å². The number of ketones is 1. The lowest BCUT2D eigenvalue weighted by Gasteiger charge is -2.09. The Morgan fingerprint density at radius 3 is 2.70 bits per heavy atom. The van der Waals surface area contributed by atoms with Crippen molar-refractivity contribution in [3.8, 4) is 0 Å². The second-order valence-electron chi connectivity index (χ2n) is 2.95. The van der Waals surface area contributed by atoms with E-state index in [-0.39, 0.29) is 11.8 Å². The van der Waals surface area contributed by atoms with Crippen LogP contribution in [0.5, 0.6) is 0 Å². The Bertz CT molecular complexity index is 134. The summed E-state index contributed by atoms with van der Waals surface area (Å²) in [4.78, 5) is 10.9. The third-order valence-corrected chi connectivity index (χ3v) is 2.64. The van der Waals surface area contributed by atoms with Gasteiger partial charge >= 0.3 is 0 Å². The molecule has 0 unspecified atom stereocenters. The largest absolute Gasteiger partial charge is 0.298 e. The van der Waals surface area contributed by atoms with Crippen LogP contribution in [0.2, 0.25) is 0 Å². The molecule has 3 heteroatoms. The van der Waals surface area contributed by atoms with E-state index in [1.807, 2.05) is 0 Å². The molecule has 0 saturated heterocycles. The standard InChI is InChI=1S/C7H12INO/c1-5(10)7(9-8)4-6-2-3-6/h6-7,9H,2-4H2,1H3/t7-/m0/s1. The fraction of sp³-hybridized carbons (Fsp3) is 0.857. The van der Waals surface area contributed by atoms with Gasteiger partial charge < -0.3 is 0 Å². The molecular formula is C7H12INO. The molecule has 1 aliphatic carbocycles. The monoisotopic (exact) mass is 253 g/mol. The van der Waals surface area contributed by atoms with Gasteiger partial charge in [-0.1, -0.05) is 12.8 Å². The molecular weight excluding hydrogens is 241 g/mol. The van der Waals surface area contributed by atoms with Gasteiger partial charge in [-0.15, -0.1) is 0 Å². The molecule has 1 N–H and O–H groups in total. The lowest BCUT2D eigenvalue weighted by molar-refractivity contribution is -0.118. The van der Waals surface area contributed by atoms with Gasteiger partial charge in [0.2, 0.25) is 0 Å². The summed E-state index contributed by atoms with van der Waals surface area (Å²) in [6.45, 7) is 1.65. The summed E-state index contributed by atoms with van der Waals surface area (Å²) in [6, 6.07) is 0.105. The average molecular weight is 253 g/mol. The van der Waals surface area contributed by atoms with Crippen molar-refractivity contribution in [2.24, 2.45) is 5.92 Å². The molecule has 0 aliphatic heterocycles. The van der Waals surface area contributed by atoms with Gasteiger partial charge in [-0.2, -0.15) is 0 Å². The van der Waals surface area contributed by atoms with E-state index in [0.29, 0.717) is 0 Å². The van der Waals surface area contributed by atoms with Gasteiger partial charge in [0.25, 0.3) is 0 Å². The fourth-order valence-electron chi connectivity index (χ4n) is 0.974. The summed E-state index contributed by atoms with van der Waals surface area (Å²) in [5.74, 6) is 1.09.